The van der Waals surface area contributed by atoms with Crippen LogP contribution in [0.2, 0.25) is 0 Å². The summed E-state index contributed by atoms with van der Waals surface area (Å²) in [5.41, 5.74) is 0.503. The molecular formula is C16H14N6O5. The van der Waals surface area contributed by atoms with Crippen molar-refractivity contribution < 1.29 is 19.2 Å². The van der Waals surface area contributed by atoms with Crippen LogP contribution in [0.4, 0.5) is 5.82 Å². The molecule has 0 aromatic carbocycles. The largest absolute Gasteiger partial charge is 0.444 e. The van der Waals surface area contributed by atoms with Crippen LogP contribution in [0.15, 0.2) is 49.1 Å². The summed E-state index contributed by atoms with van der Waals surface area (Å²) in [6.07, 6.45) is 5.83. The highest BCUT2D eigenvalue weighted by Crippen LogP contribution is 2.31. The summed E-state index contributed by atoms with van der Waals surface area (Å²) in [5, 5.41) is 17.8. The Labute approximate surface area is 152 Å². The summed E-state index contributed by atoms with van der Waals surface area (Å²) in [7, 11) is 1.42. The van der Waals surface area contributed by atoms with E-state index in [4.69, 9.17) is 9.47 Å². The fraction of sp³-hybridized carbons (Fsp3) is 0.125. The number of hydrogen-bond donors (Lipinski definition) is 1. The van der Waals surface area contributed by atoms with Crippen molar-refractivity contribution in [3.8, 4) is 17.2 Å². The van der Waals surface area contributed by atoms with Crippen molar-refractivity contribution in [2.75, 3.05) is 13.8 Å². The Balaban J connectivity index is 2.01. The molecule has 0 atom stereocenters. The van der Waals surface area contributed by atoms with Crippen molar-refractivity contribution >= 4 is 11.7 Å². The van der Waals surface area contributed by atoms with Gasteiger partial charge in [-0.15, -0.1) is 0 Å². The number of nitrogens with one attached hydrogen (secondary N) is 1. The second-order valence-corrected chi connectivity index (χ2v) is 5.12. The second kappa shape index (κ2) is 8.01. The zero-order chi connectivity index (χ0) is 19.2. The van der Waals surface area contributed by atoms with E-state index in [2.05, 4.69) is 20.4 Å². The maximum Gasteiger partial charge on any atom is 0.406 e. The van der Waals surface area contributed by atoms with Gasteiger partial charge in [0.25, 0.3) is 5.91 Å². The van der Waals surface area contributed by atoms with Crippen LogP contribution in [0, 0.1) is 10.1 Å². The molecule has 11 heteroatoms. The van der Waals surface area contributed by atoms with Gasteiger partial charge in [0.05, 0.1) is 18.1 Å². The van der Waals surface area contributed by atoms with Crippen LogP contribution < -0.4 is 10.1 Å². The molecule has 3 heterocycles. The molecule has 0 aliphatic rings. The van der Waals surface area contributed by atoms with Gasteiger partial charge >= 0.3 is 5.82 Å². The van der Waals surface area contributed by atoms with Gasteiger partial charge < -0.3 is 24.9 Å². The van der Waals surface area contributed by atoms with Gasteiger partial charge in [0.1, 0.15) is 12.9 Å². The van der Waals surface area contributed by atoms with Crippen LogP contribution >= 0.6 is 0 Å². The van der Waals surface area contributed by atoms with E-state index in [0.717, 1.165) is 0 Å². The maximum atomic E-state index is 12.4. The summed E-state index contributed by atoms with van der Waals surface area (Å²) in [4.78, 5) is 30.5. The third kappa shape index (κ3) is 4.04. The fourth-order valence-corrected chi connectivity index (χ4v) is 2.15. The topological polar surface area (TPSA) is 134 Å². The van der Waals surface area contributed by atoms with Crippen LogP contribution in [0.25, 0.3) is 5.69 Å². The predicted molar refractivity (Wildman–Crippen MR) is 91.7 cm³/mol. The molecule has 0 radical (unpaired) electrons. The number of methoxy groups -OCH3 is 1. The standard InChI is InChI=1S/C16H14N6O5/c1-26-10-19-16(23)14-13(9-21(20-14)11-4-2-6-17-8-11)27-12-5-3-7-18-15(12)22(24)25/h2-9H,10H2,1H3,(H,19,23). The third-order valence-electron chi connectivity index (χ3n) is 3.33. The number of aromatic nitrogens is 4. The molecule has 3 aromatic heterocycles. The lowest BCUT2D eigenvalue weighted by molar-refractivity contribution is -0.390. The van der Waals surface area contributed by atoms with Gasteiger partial charge in [-0.1, -0.05) is 0 Å². The number of nitrogens with zero attached hydrogens (tertiary/aromatic N) is 5. The van der Waals surface area contributed by atoms with E-state index in [1.807, 2.05) is 0 Å². The van der Waals surface area contributed by atoms with E-state index >= 15 is 0 Å². The number of nitro groups is 1. The first-order valence-corrected chi connectivity index (χ1v) is 7.64. The highest BCUT2D eigenvalue weighted by molar-refractivity contribution is 5.95. The average Bonchev–Trinajstić information content (AvgIpc) is 3.11. The Morgan fingerprint density at radius 2 is 2.11 bits per heavy atom. The van der Waals surface area contributed by atoms with Crippen LogP contribution in [0.3, 0.4) is 0 Å². The Kier molecular flexibility index (Phi) is 5.33. The molecule has 1 amide bonds. The van der Waals surface area contributed by atoms with Crippen molar-refractivity contribution in [2.45, 2.75) is 0 Å². The molecule has 3 rings (SSSR count). The first-order chi connectivity index (χ1) is 13.1. The van der Waals surface area contributed by atoms with Crippen molar-refractivity contribution in [1.29, 1.82) is 0 Å². The minimum Gasteiger partial charge on any atom is -0.444 e. The summed E-state index contributed by atoms with van der Waals surface area (Å²) >= 11 is 0. The van der Waals surface area contributed by atoms with Gasteiger partial charge in [-0.3, -0.25) is 9.78 Å². The smallest absolute Gasteiger partial charge is 0.406 e. The quantitative estimate of drug-likeness (QED) is 0.377. The van der Waals surface area contributed by atoms with E-state index < -0.39 is 16.6 Å². The Morgan fingerprint density at radius 1 is 1.30 bits per heavy atom. The van der Waals surface area contributed by atoms with Crippen molar-refractivity contribution in [1.82, 2.24) is 25.1 Å². The van der Waals surface area contributed by atoms with Crippen LogP contribution in [0.5, 0.6) is 11.5 Å². The highest BCUT2D eigenvalue weighted by atomic mass is 16.6. The number of hydrogen-bond acceptors (Lipinski definition) is 8. The third-order valence-corrected chi connectivity index (χ3v) is 3.33. The van der Waals surface area contributed by atoms with E-state index in [0.29, 0.717) is 5.69 Å². The molecule has 0 aliphatic carbocycles. The summed E-state index contributed by atoms with van der Waals surface area (Å²) in [6, 6.07) is 6.29. The molecule has 11 nitrogen and oxygen atoms in total. The minimum atomic E-state index is -0.675. The molecular weight excluding hydrogens is 356 g/mol. The van der Waals surface area contributed by atoms with Gasteiger partial charge in [0.15, 0.2) is 11.4 Å². The van der Waals surface area contributed by atoms with Crippen LogP contribution in [-0.4, -0.2) is 44.4 Å². The molecule has 0 aliphatic heterocycles. The van der Waals surface area contributed by atoms with Crippen LogP contribution in [0.1, 0.15) is 10.5 Å². The van der Waals surface area contributed by atoms with E-state index in [1.165, 1.54) is 36.3 Å². The Hall–Kier alpha value is -3.86. The first kappa shape index (κ1) is 17.9. The van der Waals surface area contributed by atoms with Gasteiger partial charge in [-0.25, -0.2) is 4.68 Å². The van der Waals surface area contributed by atoms with E-state index in [9.17, 15) is 14.9 Å². The molecule has 0 saturated carbocycles. The van der Waals surface area contributed by atoms with Crippen molar-refractivity contribution in [3.63, 3.8) is 0 Å². The lowest BCUT2D eigenvalue weighted by Gasteiger charge is -2.06. The van der Waals surface area contributed by atoms with Crippen LogP contribution in [-0.2, 0) is 4.74 Å². The fourth-order valence-electron chi connectivity index (χ4n) is 2.15. The maximum absolute atomic E-state index is 12.4. The van der Waals surface area contributed by atoms with Crippen molar-refractivity contribution in [3.05, 3.63) is 64.9 Å². The number of ether oxygens (including phenoxy) is 2. The molecule has 1 N–H and O–H groups in total. The number of pyridine rings is 2. The molecule has 138 valence electrons. The van der Waals surface area contributed by atoms with Gasteiger partial charge in [-0.2, -0.15) is 5.10 Å². The van der Waals surface area contributed by atoms with Gasteiger partial charge in [0, 0.05) is 13.3 Å². The average molecular weight is 370 g/mol. The Bertz CT molecular complexity index is 959. The zero-order valence-electron chi connectivity index (χ0n) is 14.1. The number of carbonyl (C=O) groups excluding carboxylic acids is 1. The highest BCUT2D eigenvalue weighted by Gasteiger charge is 2.23. The van der Waals surface area contributed by atoms with Crippen molar-refractivity contribution in [2.24, 2.45) is 0 Å². The summed E-state index contributed by atoms with van der Waals surface area (Å²) < 4.78 is 11.8. The normalized spacial score (nSPS) is 10.4. The SMILES string of the molecule is COCNC(=O)c1nn(-c2cccnc2)cc1Oc1cccnc1[N+](=O)[O-]. The number of carbonyl (C=O) groups is 1. The zero-order valence-corrected chi connectivity index (χ0v) is 14.1. The molecule has 27 heavy (non-hydrogen) atoms. The number of rotatable bonds is 7. The van der Waals surface area contributed by atoms with Gasteiger partial charge in [0.2, 0.25) is 5.75 Å². The van der Waals surface area contributed by atoms with E-state index in [-0.39, 0.29) is 23.9 Å². The summed E-state index contributed by atoms with van der Waals surface area (Å²) in [5.74, 6) is -1.14. The molecule has 0 spiro atoms. The molecule has 0 fully saturated rings. The Morgan fingerprint density at radius 3 is 2.81 bits per heavy atom. The lowest BCUT2D eigenvalue weighted by atomic mass is 10.3. The molecule has 0 bridgehead atoms. The molecule has 0 saturated heterocycles. The first-order valence-electron chi connectivity index (χ1n) is 7.64. The van der Waals surface area contributed by atoms with E-state index in [1.54, 1.807) is 24.5 Å². The predicted octanol–water partition coefficient (Wildman–Crippen LogP) is 1.70. The second-order valence-electron chi connectivity index (χ2n) is 5.12. The lowest BCUT2D eigenvalue weighted by Crippen LogP contribution is -2.26. The monoisotopic (exact) mass is 370 g/mol. The molecule has 0 unspecified atom stereocenters. The summed E-state index contributed by atoms with van der Waals surface area (Å²) in [6.45, 7) is -0.0366. The van der Waals surface area contributed by atoms with Gasteiger partial charge in [-0.05, 0) is 34.2 Å². The number of amides is 1. The minimum absolute atomic E-state index is 0.0172. The molecule has 3 aromatic rings.